The first-order valence-corrected chi connectivity index (χ1v) is 12.9. The van der Waals surface area contributed by atoms with E-state index in [-0.39, 0.29) is 0 Å². The summed E-state index contributed by atoms with van der Waals surface area (Å²) in [4.78, 5) is 0. The van der Waals surface area contributed by atoms with Gasteiger partial charge in [0.05, 0.1) is 11.0 Å². The van der Waals surface area contributed by atoms with Crippen molar-refractivity contribution in [2.45, 2.75) is 0 Å². The molecular formula is C36H23NO. The van der Waals surface area contributed by atoms with Gasteiger partial charge in [0.2, 0.25) is 0 Å². The molecule has 0 N–H and O–H groups in total. The van der Waals surface area contributed by atoms with Crippen LogP contribution >= 0.6 is 0 Å². The van der Waals surface area contributed by atoms with Gasteiger partial charge in [0.15, 0.2) is 0 Å². The lowest BCUT2D eigenvalue weighted by molar-refractivity contribution is 0.669. The number of para-hydroxylation sites is 3. The Morgan fingerprint density at radius 3 is 1.63 bits per heavy atom. The van der Waals surface area contributed by atoms with Crippen LogP contribution in [0.15, 0.2) is 144 Å². The summed E-state index contributed by atoms with van der Waals surface area (Å²) >= 11 is 0. The Labute approximate surface area is 220 Å². The van der Waals surface area contributed by atoms with Gasteiger partial charge in [-0.15, -0.1) is 0 Å². The zero-order valence-corrected chi connectivity index (χ0v) is 20.6. The van der Waals surface area contributed by atoms with E-state index in [4.69, 9.17) is 4.42 Å². The summed E-state index contributed by atoms with van der Waals surface area (Å²) in [6.45, 7) is 0. The minimum atomic E-state index is 0.924. The molecule has 0 amide bonds. The summed E-state index contributed by atoms with van der Waals surface area (Å²) in [5.74, 6) is 0. The van der Waals surface area contributed by atoms with Gasteiger partial charge in [0.1, 0.15) is 11.2 Å². The SMILES string of the molecule is c1cc(-c2ccc(-c3ccc4oc5ccccc5c4c3)cc2)cc(-n2c3ccccc3c3ccccc32)c1. The van der Waals surface area contributed by atoms with Crippen LogP contribution in [0.5, 0.6) is 0 Å². The smallest absolute Gasteiger partial charge is 0.135 e. The molecule has 178 valence electrons. The molecule has 0 unspecified atom stereocenters. The van der Waals surface area contributed by atoms with Crippen molar-refractivity contribution in [2.75, 3.05) is 0 Å². The van der Waals surface area contributed by atoms with Gasteiger partial charge in [0, 0.05) is 27.2 Å². The van der Waals surface area contributed by atoms with E-state index >= 15 is 0 Å². The Bertz CT molecular complexity index is 2070. The van der Waals surface area contributed by atoms with Crippen LogP contribution in [0.25, 0.3) is 71.7 Å². The highest BCUT2D eigenvalue weighted by Gasteiger charge is 2.12. The zero-order valence-electron chi connectivity index (χ0n) is 20.6. The number of benzene rings is 6. The number of aromatic nitrogens is 1. The zero-order chi connectivity index (χ0) is 25.1. The van der Waals surface area contributed by atoms with Crippen LogP contribution in [0.2, 0.25) is 0 Å². The highest BCUT2D eigenvalue weighted by molar-refractivity contribution is 6.09. The summed E-state index contributed by atoms with van der Waals surface area (Å²) in [5, 5.41) is 4.87. The standard InChI is InChI=1S/C36H23NO/c1-4-13-33-29(10-1)30-11-2-5-14-34(30)37(33)28-9-7-8-26(22-28)24-16-18-25(19-17-24)27-20-21-36-32(23-27)31-12-3-6-15-35(31)38-36/h1-23H. The Morgan fingerprint density at radius 2 is 0.921 bits per heavy atom. The summed E-state index contributed by atoms with van der Waals surface area (Å²) in [7, 11) is 0. The molecule has 8 rings (SSSR count). The van der Waals surface area contributed by atoms with E-state index in [0.29, 0.717) is 0 Å². The second kappa shape index (κ2) is 8.22. The number of nitrogens with zero attached hydrogens (tertiary/aromatic N) is 1. The summed E-state index contributed by atoms with van der Waals surface area (Å²) < 4.78 is 8.38. The van der Waals surface area contributed by atoms with Gasteiger partial charge in [-0.1, -0.05) is 97.1 Å². The summed E-state index contributed by atoms with van der Waals surface area (Å²) in [6.07, 6.45) is 0. The molecule has 2 heterocycles. The number of hydrogen-bond acceptors (Lipinski definition) is 1. The van der Waals surface area contributed by atoms with E-state index in [1.165, 1.54) is 49.7 Å². The first kappa shape index (κ1) is 21.0. The maximum Gasteiger partial charge on any atom is 0.135 e. The second-order valence-electron chi connectivity index (χ2n) is 9.81. The second-order valence-corrected chi connectivity index (χ2v) is 9.81. The van der Waals surface area contributed by atoms with Crippen molar-refractivity contribution in [3.8, 4) is 27.9 Å². The number of fused-ring (bicyclic) bond motifs is 6. The van der Waals surface area contributed by atoms with Crippen LogP contribution in [-0.4, -0.2) is 4.57 Å². The molecule has 0 bridgehead atoms. The van der Waals surface area contributed by atoms with Crippen molar-refractivity contribution < 1.29 is 4.42 Å². The summed E-state index contributed by atoms with van der Waals surface area (Å²) in [6, 6.07) is 49.7. The van der Waals surface area contributed by atoms with Crippen molar-refractivity contribution in [3.63, 3.8) is 0 Å². The monoisotopic (exact) mass is 485 g/mol. The molecule has 38 heavy (non-hydrogen) atoms. The topological polar surface area (TPSA) is 18.1 Å². The normalized spacial score (nSPS) is 11.7. The van der Waals surface area contributed by atoms with Crippen molar-refractivity contribution in [1.29, 1.82) is 0 Å². The van der Waals surface area contributed by atoms with E-state index in [0.717, 1.165) is 21.9 Å². The highest BCUT2D eigenvalue weighted by Crippen LogP contribution is 2.35. The molecule has 0 aliphatic carbocycles. The summed E-state index contributed by atoms with van der Waals surface area (Å²) in [5.41, 5.74) is 10.3. The maximum atomic E-state index is 6.01. The van der Waals surface area contributed by atoms with Gasteiger partial charge in [-0.2, -0.15) is 0 Å². The van der Waals surface area contributed by atoms with Gasteiger partial charge in [-0.05, 0) is 64.7 Å². The molecule has 2 heteroatoms. The fourth-order valence-corrected chi connectivity index (χ4v) is 5.79. The largest absolute Gasteiger partial charge is 0.456 e. The molecule has 0 spiro atoms. The molecule has 0 radical (unpaired) electrons. The first-order chi connectivity index (χ1) is 18.8. The van der Waals surface area contributed by atoms with Crippen molar-refractivity contribution in [1.82, 2.24) is 4.57 Å². The average Bonchev–Trinajstić information content (AvgIpc) is 3.53. The number of furan rings is 1. The van der Waals surface area contributed by atoms with E-state index < -0.39 is 0 Å². The van der Waals surface area contributed by atoms with E-state index in [1.807, 2.05) is 12.1 Å². The predicted molar refractivity (Wildman–Crippen MR) is 159 cm³/mol. The van der Waals surface area contributed by atoms with Crippen LogP contribution in [0.1, 0.15) is 0 Å². The maximum absolute atomic E-state index is 6.01. The third-order valence-corrected chi connectivity index (χ3v) is 7.61. The quantitative estimate of drug-likeness (QED) is 0.243. The Hall–Kier alpha value is -5.08. The van der Waals surface area contributed by atoms with Crippen LogP contribution in [0.3, 0.4) is 0 Å². The van der Waals surface area contributed by atoms with Gasteiger partial charge < -0.3 is 8.98 Å². The molecule has 0 saturated carbocycles. The molecule has 0 atom stereocenters. The lowest BCUT2D eigenvalue weighted by Gasteiger charge is -2.11. The molecular weight excluding hydrogens is 462 g/mol. The van der Waals surface area contributed by atoms with Crippen molar-refractivity contribution in [2.24, 2.45) is 0 Å². The Kier molecular flexibility index (Phi) is 4.55. The molecule has 2 aromatic heterocycles. The lowest BCUT2D eigenvalue weighted by Crippen LogP contribution is -1.94. The molecule has 6 aromatic carbocycles. The highest BCUT2D eigenvalue weighted by atomic mass is 16.3. The van der Waals surface area contributed by atoms with Crippen LogP contribution in [0.4, 0.5) is 0 Å². The molecule has 8 aromatic rings. The molecule has 0 aliphatic rings. The Morgan fingerprint density at radius 1 is 0.368 bits per heavy atom. The van der Waals surface area contributed by atoms with Crippen LogP contribution in [0, 0.1) is 0 Å². The predicted octanol–water partition coefficient (Wildman–Crippen LogP) is 10.0. The third-order valence-electron chi connectivity index (χ3n) is 7.61. The lowest BCUT2D eigenvalue weighted by atomic mass is 9.99. The average molecular weight is 486 g/mol. The fraction of sp³-hybridized carbons (Fsp3) is 0. The molecule has 0 saturated heterocycles. The van der Waals surface area contributed by atoms with Gasteiger partial charge in [-0.25, -0.2) is 0 Å². The van der Waals surface area contributed by atoms with E-state index in [1.54, 1.807) is 0 Å². The molecule has 0 aliphatic heterocycles. The van der Waals surface area contributed by atoms with Gasteiger partial charge in [0.25, 0.3) is 0 Å². The van der Waals surface area contributed by atoms with Gasteiger partial charge in [-0.3, -0.25) is 0 Å². The minimum absolute atomic E-state index is 0.924. The van der Waals surface area contributed by atoms with E-state index in [2.05, 4.69) is 132 Å². The van der Waals surface area contributed by atoms with Crippen molar-refractivity contribution in [3.05, 3.63) is 140 Å². The van der Waals surface area contributed by atoms with Crippen molar-refractivity contribution >= 4 is 43.7 Å². The minimum Gasteiger partial charge on any atom is -0.456 e. The third kappa shape index (κ3) is 3.21. The number of hydrogen-bond donors (Lipinski definition) is 0. The fourth-order valence-electron chi connectivity index (χ4n) is 5.79. The van der Waals surface area contributed by atoms with Crippen LogP contribution < -0.4 is 0 Å². The van der Waals surface area contributed by atoms with Gasteiger partial charge >= 0.3 is 0 Å². The Balaban J connectivity index is 1.20. The molecule has 0 fully saturated rings. The van der Waals surface area contributed by atoms with Crippen LogP contribution in [-0.2, 0) is 0 Å². The number of rotatable bonds is 3. The molecule has 2 nitrogen and oxygen atoms in total. The van der Waals surface area contributed by atoms with E-state index in [9.17, 15) is 0 Å². The first-order valence-electron chi connectivity index (χ1n) is 12.9.